The maximum Gasteiger partial charge on any atom is 0.323 e. The number of urea groups is 1. The fourth-order valence-electron chi connectivity index (χ4n) is 2.52. The molecule has 0 aliphatic rings. The first-order valence-corrected chi connectivity index (χ1v) is 11.6. The molecule has 0 fully saturated rings. The summed E-state index contributed by atoms with van der Waals surface area (Å²) in [5.41, 5.74) is 1.62. The number of rotatable bonds is 5. The molecule has 0 saturated carbocycles. The SMILES string of the molecule is Cc1ccc(S(=O)(=O)Nc2cc(Br)ccc2NC(=O)Nc2c(Cl)cccc2Cl)cc1. The van der Waals surface area contributed by atoms with Crippen molar-refractivity contribution in [1.29, 1.82) is 0 Å². The van der Waals surface area contributed by atoms with Crippen LogP contribution in [0.15, 0.2) is 70.0 Å². The molecule has 0 aromatic heterocycles. The number of anilines is 3. The normalized spacial score (nSPS) is 11.1. The Hall–Kier alpha value is -2.26. The average Bonchev–Trinajstić information content (AvgIpc) is 2.67. The van der Waals surface area contributed by atoms with Gasteiger partial charge in [-0.25, -0.2) is 13.2 Å². The van der Waals surface area contributed by atoms with Gasteiger partial charge in [0, 0.05) is 4.47 Å². The smallest absolute Gasteiger partial charge is 0.306 e. The standard InChI is InChI=1S/C20H16BrCl2N3O3S/c1-12-5-8-14(9-6-12)30(28,29)26-18-11-13(21)7-10-17(18)24-20(27)25-19-15(22)3-2-4-16(19)23/h2-11,26H,1H3,(H2,24,25,27). The second-order valence-electron chi connectivity index (χ2n) is 6.28. The summed E-state index contributed by atoms with van der Waals surface area (Å²) in [6, 6.07) is 15.4. The molecule has 0 aliphatic heterocycles. The van der Waals surface area contributed by atoms with Gasteiger partial charge in [0.15, 0.2) is 0 Å². The van der Waals surface area contributed by atoms with Crippen LogP contribution in [0, 0.1) is 6.92 Å². The number of sulfonamides is 1. The van der Waals surface area contributed by atoms with Crippen LogP contribution in [-0.2, 0) is 10.0 Å². The largest absolute Gasteiger partial charge is 0.323 e. The second kappa shape index (κ2) is 9.26. The van der Waals surface area contributed by atoms with E-state index >= 15 is 0 Å². The van der Waals surface area contributed by atoms with Gasteiger partial charge >= 0.3 is 6.03 Å². The number of amides is 2. The lowest BCUT2D eigenvalue weighted by Crippen LogP contribution is -2.21. The van der Waals surface area contributed by atoms with E-state index in [2.05, 4.69) is 31.3 Å². The first-order chi connectivity index (χ1) is 14.2. The van der Waals surface area contributed by atoms with Crippen molar-refractivity contribution < 1.29 is 13.2 Å². The summed E-state index contributed by atoms with van der Waals surface area (Å²) in [5, 5.41) is 5.72. The van der Waals surface area contributed by atoms with E-state index in [1.807, 2.05) is 6.92 Å². The molecular formula is C20H16BrCl2N3O3S. The van der Waals surface area contributed by atoms with Crippen LogP contribution in [0.25, 0.3) is 0 Å². The van der Waals surface area contributed by atoms with Crippen molar-refractivity contribution in [2.75, 3.05) is 15.4 Å². The molecule has 6 nitrogen and oxygen atoms in total. The van der Waals surface area contributed by atoms with Gasteiger partial charge in [0.1, 0.15) is 0 Å². The Labute approximate surface area is 192 Å². The Morgan fingerprint density at radius 2 is 1.53 bits per heavy atom. The molecule has 0 saturated heterocycles. The lowest BCUT2D eigenvalue weighted by molar-refractivity contribution is 0.262. The zero-order valence-corrected chi connectivity index (χ0v) is 19.5. The summed E-state index contributed by atoms with van der Waals surface area (Å²) in [6.07, 6.45) is 0. The first-order valence-electron chi connectivity index (χ1n) is 8.57. The Balaban J connectivity index is 1.85. The fraction of sp³-hybridized carbons (Fsp3) is 0.0500. The van der Waals surface area contributed by atoms with E-state index in [0.29, 0.717) is 4.47 Å². The molecule has 3 aromatic rings. The van der Waals surface area contributed by atoms with Crippen LogP contribution in [0.5, 0.6) is 0 Å². The minimum atomic E-state index is -3.86. The van der Waals surface area contributed by atoms with Gasteiger partial charge in [0.2, 0.25) is 0 Å². The topological polar surface area (TPSA) is 87.3 Å². The molecule has 0 radical (unpaired) electrons. The third kappa shape index (κ3) is 5.46. The molecule has 30 heavy (non-hydrogen) atoms. The van der Waals surface area contributed by atoms with Gasteiger partial charge in [-0.3, -0.25) is 4.72 Å². The summed E-state index contributed by atoms with van der Waals surface area (Å²) in [4.78, 5) is 12.6. The minimum Gasteiger partial charge on any atom is -0.306 e. The van der Waals surface area contributed by atoms with Gasteiger partial charge < -0.3 is 10.6 Å². The highest BCUT2D eigenvalue weighted by molar-refractivity contribution is 9.10. The maximum atomic E-state index is 12.8. The van der Waals surface area contributed by atoms with Crippen molar-refractivity contribution in [1.82, 2.24) is 0 Å². The number of hydrogen-bond donors (Lipinski definition) is 3. The number of carbonyl (C=O) groups excluding carboxylic acids is 1. The predicted octanol–water partition coefficient (Wildman–Crippen LogP) is 6.51. The molecule has 10 heteroatoms. The zero-order chi connectivity index (χ0) is 21.9. The van der Waals surface area contributed by atoms with E-state index in [-0.39, 0.29) is 32.0 Å². The molecule has 0 spiro atoms. The molecule has 0 heterocycles. The van der Waals surface area contributed by atoms with Crippen molar-refractivity contribution in [3.63, 3.8) is 0 Å². The molecule has 0 bridgehead atoms. The summed E-state index contributed by atoms with van der Waals surface area (Å²) in [5.74, 6) is 0. The Kier molecular flexibility index (Phi) is 6.92. The minimum absolute atomic E-state index is 0.103. The van der Waals surface area contributed by atoms with Crippen LogP contribution >= 0.6 is 39.1 Å². The van der Waals surface area contributed by atoms with Gasteiger partial charge in [-0.05, 0) is 49.4 Å². The van der Waals surface area contributed by atoms with Crippen LogP contribution in [-0.4, -0.2) is 14.4 Å². The number of hydrogen-bond acceptors (Lipinski definition) is 3. The third-order valence-corrected chi connectivity index (χ3v) is 6.51. The fourth-order valence-corrected chi connectivity index (χ4v) is 4.44. The van der Waals surface area contributed by atoms with E-state index in [1.54, 1.807) is 48.5 Å². The number of aryl methyl sites for hydroxylation is 1. The molecule has 2 amide bonds. The van der Waals surface area contributed by atoms with Gasteiger partial charge in [-0.2, -0.15) is 0 Å². The molecule has 0 atom stereocenters. The maximum absolute atomic E-state index is 12.8. The summed E-state index contributed by atoms with van der Waals surface area (Å²) < 4.78 is 28.6. The van der Waals surface area contributed by atoms with Crippen molar-refractivity contribution in [3.05, 3.63) is 80.7 Å². The van der Waals surface area contributed by atoms with Crippen molar-refractivity contribution in [2.45, 2.75) is 11.8 Å². The lowest BCUT2D eigenvalue weighted by atomic mass is 10.2. The monoisotopic (exact) mass is 527 g/mol. The molecule has 3 aromatic carbocycles. The number of carbonyl (C=O) groups is 1. The van der Waals surface area contributed by atoms with Gasteiger partial charge in [-0.1, -0.05) is 62.9 Å². The quantitative estimate of drug-likeness (QED) is 0.352. The van der Waals surface area contributed by atoms with E-state index in [1.165, 1.54) is 12.1 Å². The highest BCUT2D eigenvalue weighted by Gasteiger charge is 2.18. The Morgan fingerprint density at radius 3 is 2.17 bits per heavy atom. The summed E-state index contributed by atoms with van der Waals surface area (Å²) in [7, 11) is -3.86. The molecule has 3 rings (SSSR count). The number of para-hydroxylation sites is 1. The Bertz CT molecular complexity index is 1180. The molecule has 3 N–H and O–H groups in total. The van der Waals surface area contributed by atoms with Crippen LogP contribution in [0.3, 0.4) is 0 Å². The number of benzene rings is 3. The van der Waals surface area contributed by atoms with Crippen LogP contribution in [0.1, 0.15) is 5.56 Å². The highest BCUT2D eigenvalue weighted by Crippen LogP contribution is 2.31. The molecule has 0 aliphatic carbocycles. The molecular weight excluding hydrogens is 513 g/mol. The zero-order valence-electron chi connectivity index (χ0n) is 15.5. The average molecular weight is 529 g/mol. The van der Waals surface area contributed by atoms with Gasteiger partial charge in [0.05, 0.1) is 32.0 Å². The van der Waals surface area contributed by atoms with Gasteiger partial charge in [0.25, 0.3) is 10.0 Å². The van der Waals surface area contributed by atoms with E-state index < -0.39 is 16.1 Å². The molecule has 0 unspecified atom stereocenters. The van der Waals surface area contributed by atoms with Crippen molar-refractivity contribution >= 4 is 72.2 Å². The van der Waals surface area contributed by atoms with Crippen LogP contribution in [0.2, 0.25) is 10.0 Å². The molecule has 156 valence electrons. The van der Waals surface area contributed by atoms with E-state index in [0.717, 1.165) is 5.56 Å². The van der Waals surface area contributed by atoms with E-state index in [9.17, 15) is 13.2 Å². The third-order valence-electron chi connectivity index (χ3n) is 4.01. The second-order valence-corrected chi connectivity index (χ2v) is 9.70. The Morgan fingerprint density at radius 1 is 0.900 bits per heavy atom. The van der Waals surface area contributed by atoms with E-state index in [4.69, 9.17) is 23.2 Å². The highest BCUT2D eigenvalue weighted by atomic mass is 79.9. The first kappa shape index (κ1) is 22.4. The summed E-state index contributed by atoms with van der Waals surface area (Å²) >= 11 is 15.5. The number of halogens is 3. The van der Waals surface area contributed by atoms with Gasteiger partial charge in [-0.15, -0.1) is 0 Å². The lowest BCUT2D eigenvalue weighted by Gasteiger charge is -2.15. The van der Waals surface area contributed by atoms with Crippen LogP contribution in [0.4, 0.5) is 21.9 Å². The summed E-state index contributed by atoms with van der Waals surface area (Å²) in [6.45, 7) is 1.87. The van der Waals surface area contributed by atoms with Crippen molar-refractivity contribution in [3.8, 4) is 0 Å². The predicted molar refractivity (Wildman–Crippen MR) is 125 cm³/mol. The van der Waals surface area contributed by atoms with Crippen LogP contribution < -0.4 is 15.4 Å². The van der Waals surface area contributed by atoms with Crippen molar-refractivity contribution in [2.24, 2.45) is 0 Å². The number of nitrogens with one attached hydrogen (secondary N) is 3.